The van der Waals surface area contributed by atoms with Gasteiger partial charge in [-0.2, -0.15) is 0 Å². The summed E-state index contributed by atoms with van der Waals surface area (Å²) in [6, 6.07) is 6.36. The minimum atomic E-state index is 0.106. The molecule has 0 saturated heterocycles. The molecule has 3 aromatic rings. The molecule has 3 rings (SSSR count). The smallest absolute Gasteiger partial charge is 0.233 e. The molecule has 0 radical (unpaired) electrons. The molecule has 0 aliphatic carbocycles. The Bertz CT molecular complexity index is 1010. The van der Waals surface area contributed by atoms with Crippen LogP contribution in [0.2, 0.25) is 0 Å². The fourth-order valence-electron chi connectivity index (χ4n) is 3.03. The van der Waals surface area contributed by atoms with Gasteiger partial charge in [-0.25, -0.2) is 9.97 Å². The van der Waals surface area contributed by atoms with E-state index in [0.29, 0.717) is 12.3 Å². The fourth-order valence-corrected chi connectivity index (χ4v) is 5.24. The van der Waals surface area contributed by atoms with Gasteiger partial charge in [0.05, 0.1) is 5.75 Å². The Kier molecular flexibility index (Phi) is 5.86. The van der Waals surface area contributed by atoms with Crippen LogP contribution in [0.15, 0.2) is 23.2 Å². The molecule has 0 saturated carbocycles. The lowest BCUT2D eigenvalue weighted by Gasteiger charge is -2.18. The van der Waals surface area contributed by atoms with Crippen LogP contribution in [-0.2, 0) is 11.3 Å². The van der Waals surface area contributed by atoms with Gasteiger partial charge in [-0.15, -0.1) is 11.3 Å². The van der Waals surface area contributed by atoms with Crippen molar-refractivity contribution >= 4 is 39.2 Å². The molecule has 2 aromatic heterocycles. The van der Waals surface area contributed by atoms with E-state index in [1.54, 1.807) is 16.2 Å². The molecule has 27 heavy (non-hydrogen) atoms. The monoisotopic (exact) mass is 399 g/mol. The first-order valence-corrected chi connectivity index (χ1v) is 10.7. The quantitative estimate of drug-likeness (QED) is 0.448. The normalized spacial score (nSPS) is 11.2. The topological polar surface area (TPSA) is 46.1 Å². The van der Waals surface area contributed by atoms with Crippen LogP contribution < -0.4 is 0 Å². The number of amides is 1. The number of fused-ring (bicyclic) bond motifs is 1. The SMILES string of the molecule is Cc1ccc(CN(C)C(=O)CSc2nc(C)nc3sc(C)c(C)c23)c(C)c1. The second-order valence-corrected chi connectivity index (χ2v) is 9.18. The number of carbonyl (C=O) groups is 1. The highest BCUT2D eigenvalue weighted by Crippen LogP contribution is 2.35. The Labute approximate surface area is 169 Å². The number of nitrogens with zero attached hydrogens (tertiary/aromatic N) is 3. The average Bonchev–Trinajstić information content (AvgIpc) is 2.88. The zero-order chi connectivity index (χ0) is 19.7. The molecule has 0 unspecified atom stereocenters. The highest BCUT2D eigenvalue weighted by molar-refractivity contribution is 8.00. The molecule has 0 spiro atoms. The van der Waals surface area contributed by atoms with Crippen LogP contribution in [0.25, 0.3) is 10.2 Å². The van der Waals surface area contributed by atoms with Gasteiger partial charge in [0, 0.05) is 23.9 Å². The summed E-state index contributed by atoms with van der Waals surface area (Å²) < 4.78 is 0. The van der Waals surface area contributed by atoms with Gasteiger partial charge < -0.3 is 4.90 Å². The van der Waals surface area contributed by atoms with E-state index in [0.717, 1.165) is 21.1 Å². The lowest BCUT2D eigenvalue weighted by atomic mass is 10.1. The van der Waals surface area contributed by atoms with Crippen molar-refractivity contribution in [1.82, 2.24) is 14.9 Å². The van der Waals surface area contributed by atoms with Crippen molar-refractivity contribution < 1.29 is 4.79 Å². The third kappa shape index (κ3) is 4.33. The number of thiophene rings is 1. The molecule has 0 N–H and O–H groups in total. The molecular weight excluding hydrogens is 374 g/mol. The summed E-state index contributed by atoms with van der Waals surface area (Å²) in [5, 5.41) is 2.01. The minimum Gasteiger partial charge on any atom is -0.341 e. The predicted molar refractivity (Wildman–Crippen MR) is 115 cm³/mol. The fraction of sp³-hybridized carbons (Fsp3) is 0.381. The van der Waals surface area contributed by atoms with Crippen LogP contribution >= 0.6 is 23.1 Å². The Morgan fingerprint density at radius 1 is 1.15 bits per heavy atom. The van der Waals surface area contributed by atoms with Crippen molar-refractivity contribution in [2.45, 2.75) is 46.2 Å². The van der Waals surface area contributed by atoms with Crippen molar-refractivity contribution in [2.75, 3.05) is 12.8 Å². The van der Waals surface area contributed by atoms with E-state index in [9.17, 15) is 4.79 Å². The maximum atomic E-state index is 12.7. The first-order valence-electron chi connectivity index (χ1n) is 8.93. The maximum absolute atomic E-state index is 12.7. The van der Waals surface area contributed by atoms with Crippen molar-refractivity contribution in [3.05, 3.63) is 51.2 Å². The van der Waals surface area contributed by atoms with Crippen molar-refractivity contribution in [3.8, 4) is 0 Å². The molecule has 1 amide bonds. The summed E-state index contributed by atoms with van der Waals surface area (Å²) in [7, 11) is 1.86. The van der Waals surface area contributed by atoms with Gasteiger partial charge in [0.15, 0.2) is 0 Å². The van der Waals surface area contributed by atoms with Gasteiger partial charge in [-0.1, -0.05) is 35.5 Å². The van der Waals surface area contributed by atoms with Gasteiger partial charge >= 0.3 is 0 Å². The molecule has 0 bridgehead atoms. The number of benzene rings is 1. The van der Waals surface area contributed by atoms with Crippen molar-refractivity contribution in [1.29, 1.82) is 0 Å². The lowest BCUT2D eigenvalue weighted by Crippen LogP contribution is -2.28. The lowest BCUT2D eigenvalue weighted by molar-refractivity contribution is -0.127. The molecular formula is C21H25N3OS2. The van der Waals surface area contributed by atoms with Crippen LogP contribution in [0.3, 0.4) is 0 Å². The molecule has 0 aliphatic rings. The van der Waals surface area contributed by atoms with Crippen LogP contribution in [0.4, 0.5) is 0 Å². The van der Waals surface area contributed by atoms with Gasteiger partial charge in [0.2, 0.25) is 5.91 Å². The van der Waals surface area contributed by atoms with Crippen molar-refractivity contribution in [2.24, 2.45) is 0 Å². The van der Waals surface area contributed by atoms with Gasteiger partial charge in [-0.3, -0.25) is 4.79 Å². The van der Waals surface area contributed by atoms with Gasteiger partial charge in [0.1, 0.15) is 15.7 Å². The van der Waals surface area contributed by atoms with Crippen molar-refractivity contribution in [3.63, 3.8) is 0 Å². The molecule has 0 atom stereocenters. The molecule has 0 fully saturated rings. The molecule has 6 heteroatoms. The zero-order valence-corrected chi connectivity index (χ0v) is 18.3. The first-order chi connectivity index (χ1) is 12.8. The van der Waals surface area contributed by atoms with E-state index < -0.39 is 0 Å². The van der Waals surface area contributed by atoms with Crippen LogP contribution in [0, 0.1) is 34.6 Å². The number of hydrogen-bond donors (Lipinski definition) is 0. The largest absolute Gasteiger partial charge is 0.341 e. The number of aryl methyl sites for hydroxylation is 5. The minimum absolute atomic E-state index is 0.106. The molecule has 142 valence electrons. The number of hydrogen-bond acceptors (Lipinski definition) is 5. The molecule has 1 aromatic carbocycles. The molecule has 2 heterocycles. The van der Waals surface area contributed by atoms with E-state index in [1.807, 2.05) is 14.0 Å². The van der Waals surface area contributed by atoms with Gasteiger partial charge in [0.25, 0.3) is 0 Å². The van der Waals surface area contributed by atoms with Crippen LogP contribution in [-0.4, -0.2) is 33.6 Å². The summed E-state index contributed by atoms with van der Waals surface area (Å²) in [6.07, 6.45) is 0. The first kappa shape index (κ1) is 19.8. The van der Waals surface area contributed by atoms with Crippen LogP contribution in [0.1, 0.15) is 33.0 Å². The van der Waals surface area contributed by atoms with E-state index in [-0.39, 0.29) is 5.91 Å². The average molecular weight is 400 g/mol. The summed E-state index contributed by atoms with van der Waals surface area (Å²) in [5.74, 6) is 1.23. The van der Waals surface area contributed by atoms with E-state index in [1.165, 1.54) is 38.9 Å². The van der Waals surface area contributed by atoms with Crippen LogP contribution in [0.5, 0.6) is 0 Å². The number of rotatable bonds is 5. The van der Waals surface area contributed by atoms with Gasteiger partial charge in [-0.05, 0) is 51.3 Å². The Hall–Kier alpha value is -1.92. The Balaban J connectivity index is 1.73. The summed E-state index contributed by atoms with van der Waals surface area (Å²) >= 11 is 3.20. The second kappa shape index (κ2) is 7.98. The number of carbonyl (C=O) groups excluding carboxylic acids is 1. The predicted octanol–water partition coefficient (Wildman–Crippen LogP) is 4.98. The highest BCUT2D eigenvalue weighted by atomic mass is 32.2. The Morgan fingerprint density at radius 2 is 1.89 bits per heavy atom. The summed E-state index contributed by atoms with van der Waals surface area (Å²) in [6.45, 7) is 10.9. The molecule has 4 nitrogen and oxygen atoms in total. The standard InChI is InChI=1S/C21H25N3OS2/c1-12-7-8-17(13(2)9-12)10-24(6)18(25)11-26-20-19-14(3)15(4)27-21(19)23-16(5)22-20/h7-9H,10-11H2,1-6H3. The van der Waals surface area contributed by atoms with E-state index in [4.69, 9.17) is 0 Å². The third-order valence-electron chi connectivity index (χ3n) is 4.77. The summed E-state index contributed by atoms with van der Waals surface area (Å²) in [4.78, 5) is 25.9. The zero-order valence-electron chi connectivity index (χ0n) is 16.7. The third-order valence-corrected chi connectivity index (χ3v) is 6.83. The Morgan fingerprint density at radius 3 is 2.59 bits per heavy atom. The molecule has 0 aliphatic heterocycles. The van der Waals surface area contributed by atoms with E-state index in [2.05, 4.69) is 55.9 Å². The van der Waals surface area contributed by atoms with E-state index >= 15 is 0 Å². The highest BCUT2D eigenvalue weighted by Gasteiger charge is 2.17. The second-order valence-electron chi connectivity index (χ2n) is 7.01. The number of thioether (sulfide) groups is 1. The summed E-state index contributed by atoms with van der Waals surface area (Å²) in [5.41, 5.74) is 4.87. The number of aromatic nitrogens is 2. The maximum Gasteiger partial charge on any atom is 0.233 e.